The Bertz CT molecular complexity index is 488. The van der Waals surface area contributed by atoms with Gasteiger partial charge in [-0.05, 0) is 18.6 Å². The predicted octanol–water partition coefficient (Wildman–Crippen LogP) is 0.482. The second-order valence-corrected chi connectivity index (χ2v) is 4.05. The lowest BCUT2D eigenvalue weighted by Gasteiger charge is -2.06. The number of nitrogens with one attached hydrogen (secondary N) is 1. The van der Waals surface area contributed by atoms with Gasteiger partial charge >= 0.3 is 0 Å². The summed E-state index contributed by atoms with van der Waals surface area (Å²) >= 11 is 0. The van der Waals surface area contributed by atoms with Crippen LogP contribution >= 0.6 is 0 Å². The molecule has 0 aliphatic carbocycles. The summed E-state index contributed by atoms with van der Waals surface area (Å²) in [4.78, 5) is 0. The van der Waals surface area contributed by atoms with E-state index in [1.54, 1.807) is 19.1 Å². The Labute approximate surface area is 82.3 Å². The fraction of sp³-hybridized carbons (Fsp3) is 0.125. The van der Waals surface area contributed by atoms with Crippen LogP contribution in [-0.4, -0.2) is 8.42 Å². The Balaban J connectivity index is 3.24. The van der Waals surface area contributed by atoms with Crippen LogP contribution in [0.2, 0.25) is 0 Å². The van der Waals surface area contributed by atoms with E-state index in [1.165, 1.54) is 6.07 Å². The van der Waals surface area contributed by atoms with Gasteiger partial charge in [-0.15, -0.1) is 0 Å². The first-order valence-corrected chi connectivity index (χ1v) is 5.29. The average molecular weight is 211 g/mol. The number of anilines is 1. The number of nitrogens with two attached hydrogens (primary N) is 1. The highest BCUT2D eigenvalue weighted by atomic mass is 32.2. The normalized spacial score (nSPS) is 10.6. The monoisotopic (exact) mass is 211 g/mol. The summed E-state index contributed by atoms with van der Waals surface area (Å²) in [5.74, 6) is 0. The highest BCUT2D eigenvalue weighted by Gasteiger charge is 2.08. The second kappa shape index (κ2) is 3.65. The summed E-state index contributed by atoms with van der Waals surface area (Å²) in [6, 6.07) is 6.74. The highest BCUT2D eigenvalue weighted by molar-refractivity contribution is 7.90. The molecule has 0 aliphatic rings. The van der Waals surface area contributed by atoms with Crippen LogP contribution in [0, 0.1) is 18.3 Å². The van der Waals surface area contributed by atoms with Crippen molar-refractivity contribution >= 4 is 15.9 Å². The fourth-order valence-corrected chi connectivity index (χ4v) is 1.53. The van der Waals surface area contributed by atoms with Crippen molar-refractivity contribution in [1.29, 1.82) is 5.26 Å². The molecule has 0 amide bonds. The molecule has 0 aromatic heterocycles. The van der Waals surface area contributed by atoms with Crippen LogP contribution in [0.1, 0.15) is 11.1 Å². The first-order valence-electron chi connectivity index (χ1n) is 3.74. The van der Waals surface area contributed by atoms with E-state index in [-0.39, 0.29) is 11.3 Å². The third kappa shape index (κ3) is 2.45. The lowest BCUT2D eigenvalue weighted by atomic mass is 10.1. The van der Waals surface area contributed by atoms with E-state index in [0.717, 1.165) is 0 Å². The molecule has 0 unspecified atom stereocenters. The van der Waals surface area contributed by atoms with Gasteiger partial charge in [0.25, 0.3) is 10.2 Å². The molecule has 14 heavy (non-hydrogen) atoms. The standard InChI is InChI=1S/C8H9N3O2S/c1-6-3-2-4-8(7(6)5-9)11-14(10,12)13/h2-4,11H,1H3,(H2,10,12,13). The van der Waals surface area contributed by atoms with Gasteiger partial charge in [0.2, 0.25) is 0 Å². The molecule has 74 valence electrons. The van der Waals surface area contributed by atoms with E-state index >= 15 is 0 Å². The van der Waals surface area contributed by atoms with Crippen molar-refractivity contribution in [2.24, 2.45) is 5.14 Å². The zero-order valence-electron chi connectivity index (χ0n) is 7.48. The van der Waals surface area contributed by atoms with Crippen molar-refractivity contribution in [3.63, 3.8) is 0 Å². The van der Waals surface area contributed by atoms with E-state index < -0.39 is 10.2 Å². The van der Waals surface area contributed by atoms with Crippen LogP contribution in [0.25, 0.3) is 0 Å². The van der Waals surface area contributed by atoms with Gasteiger partial charge in [0.15, 0.2) is 0 Å². The van der Waals surface area contributed by atoms with E-state index in [4.69, 9.17) is 10.4 Å². The minimum absolute atomic E-state index is 0.204. The predicted molar refractivity (Wildman–Crippen MR) is 52.6 cm³/mol. The van der Waals surface area contributed by atoms with Crippen LogP contribution in [0.5, 0.6) is 0 Å². The Morgan fingerprint density at radius 2 is 2.14 bits per heavy atom. The molecule has 6 heteroatoms. The number of nitrogens with zero attached hydrogens (tertiary/aromatic N) is 1. The number of nitriles is 1. The first-order chi connectivity index (χ1) is 6.44. The van der Waals surface area contributed by atoms with Crippen LogP contribution < -0.4 is 9.86 Å². The Morgan fingerprint density at radius 1 is 1.50 bits per heavy atom. The Kier molecular flexibility index (Phi) is 2.74. The van der Waals surface area contributed by atoms with Gasteiger partial charge < -0.3 is 0 Å². The van der Waals surface area contributed by atoms with Gasteiger partial charge in [-0.3, -0.25) is 4.72 Å². The van der Waals surface area contributed by atoms with Crippen molar-refractivity contribution in [3.8, 4) is 6.07 Å². The van der Waals surface area contributed by atoms with Crippen molar-refractivity contribution in [2.75, 3.05) is 4.72 Å². The maximum absolute atomic E-state index is 10.7. The third-order valence-electron chi connectivity index (χ3n) is 1.64. The summed E-state index contributed by atoms with van der Waals surface area (Å²) in [7, 11) is -3.83. The molecular formula is C8H9N3O2S. The molecule has 0 heterocycles. The molecule has 1 aromatic rings. The molecule has 0 fully saturated rings. The highest BCUT2D eigenvalue weighted by Crippen LogP contribution is 2.18. The first kappa shape index (κ1) is 10.5. The van der Waals surface area contributed by atoms with Crippen molar-refractivity contribution < 1.29 is 8.42 Å². The van der Waals surface area contributed by atoms with Gasteiger partial charge in [0.05, 0.1) is 11.3 Å². The van der Waals surface area contributed by atoms with Crippen molar-refractivity contribution in [1.82, 2.24) is 0 Å². The molecule has 1 aromatic carbocycles. The lowest BCUT2D eigenvalue weighted by Crippen LogP contribution is -2.22. The van der Waals surface area contributed by atoms with E-state index in [2.05, 4.69) is 4.72 Å². The molecule has 0 atom stereocenters. The molecule has 0 bridgehead atoms. The van der Waals surface area contributed by atoms with Crippen LogP contribution in [0.3, 0.4) is 0 Å². The maximum Gasteiger partial charge on any atom is 0.296 e. The van der Waals surface area contributed by atoms with Gasteiger partial charge in [-0.25, -0.2) is 5.14 Å². The second-order valence-electron chi connectivity index (χ2n) is 2.76. The smallest absolute Gasteiger partial charge is 0.270 e. The third-order valence-corrected chi connectivity index (χ3v) is 2.14. The summed E-state index contributed by atoms with van der Waals surface area (Å²) in [6.45, 7) is 1.72. The number of rotatable bonds is 2. The summed E-state index contributed by atoms with van der Waals surface area (Å²) in [5, 5.41) is 13.6. The number of hydrogen-bond acceptors (Lipinski definition) is 3. The molecule has 0 radical (unpaired) electrons. The van der Waals surface area contributed by atoms with E-state index in [0.29, 0.717) is 5.56 Å². The molecule has 1 rings (SSSR count). The minimum Gasteiger partial charge on any atom is -0.270 e. The number of hydrogen-bond donors (Lipinski definition) is 2. The topological polar surface area (TPSA) is 96.0 Å². The Hall–Kier alpha value is -1.58. The molecule has 3 N–H and O–H groups in total. The van der Waals surface area contributed by atoms with Gasteiger partial charge in [0.1, 0.15) is 6.07 Å². The average Bonchev–Trinajstić information content (AvgIpc) is 2.01. The van der Waals surface area contributed by atoms with Gasteiger partial charge in [-0.2, -0.15) is 13.7 Å². The zero-order valence-corrected chi connectivity index (χ0v) is 8.30. The quantitative estimate of drug-likeness (QED) is 0.744. The van der Waals surface area contributed by atoms with Crippen molar-refractivity contribution in [3.05, 3.63) is 29.3 Å². The molecule has 0 aliphatic heterocycles. The molecule has 0 saturated heterocycles. The minimum atomic E-state index is -3.83. The van der Waals surface area contributed by atoms with Crippen LogP contribution in [-0.2, 0) is 10.2 Å². The summed E-state index contributed by atoms with van der Waals surface area (Å²) < 4.78 is 23.5. The van der Waals surface area contributed by atoms with Crippen LogP contribution in [0.15, 0.2) is 18.2 Å². The van der Waals surface area contributed by atoms with E-state index in [9.17, 15) is 8.42 Å². The molecule has 0 spiro atoms. The van der Waals surface area contributed by atoms with Gasteiger partial charge in [0, 0.05) is 0 Å². The maximum atomic E-state index is 10.7. The Morgan fingerprint density at radius 3 is 2.64 bits per heavy atom. The molecule has 5 nitrogen and oxygen atoms in total. The largest absolute Gasteiger partial charge is 0.296 e. The lowest BCUT2D eigenvalue weighted by molar-refractivity contribution is 0.603. The molecular weight excluding hydrogens is 202 g/mol. The summed E-state index contributed by atoms with van der Waals surface area (Å²) in [6.07, 6.45) is 0. The SMILES string of the molecule is Cc1cccc(NS(N)(=O)=O)c1C#N. The van der Waals surface area contributed by atoms with Gasteiger partial charge in [-0.1, -0.05) is 12.1 Å². The van der Waals surface area contributed by atoms with Crippen molar-refractivity contribution in [2.45, 2.75) is 6.92 Å². The fourth-order valence-electron chi connectivity index (χ4n) is 1.05. The van der Waals surface area contributed by atoms with E-state index in [1.807, 2.05) is 6.07 Å². The number of aryl methyl sites for hydroxylation is 1. The zero-order chi connectivity index (χ0) is 10.8. The number of benzene rings is 1. The summed E-state index contributed by atoms with van der Waals surface area (Å²) in [5.41, 5.74) is 1.18. The molecule has 0 saturated carbocycles. The van der Waals surface area contributed by atoms with Crippen LogP contribution in [0.4, 0.5) is 5.69 Å².